The lowest BCUT2D eigenvalue weighted by Gasteiger charge is -2.28. The molecule has 1 fully saturated rings. The summed E-state index contributed by atoms with van der Waals surface area (Å²) in [4.78, 5) is 51.1. The molecule has 0 saturated heterocycles. The van der Waals surface area contributed by atoms with E-state index < -0.39 is 5.69 Å². The third-order valence-corrected chi connectivity index (χ3v) is 7.28. The highest BCUT2D eigenvalue weighted by molar-refractivity contribution is 7.17. The predicted octanol–water partition coefficient (Wildman–Crippen LogP) is 2.72. The molecule has 0 radical (unpaired) electrons. The van der Waals surface area contributed by atoms with Crippen LogP contribution in [0.4, 0.5) is 0 Å². The van der Waals surface area contributed by atoms with Gasteiger partial charge in [-0.1, -0.05) is 20.8 Å². The van der Waals surface area contributed by atoms with E-state index in [2.05, 4.69) is 24.5 Å². The van der Waals surface area contributed by atoms with E-state index in [9.17, 15) is 19.2 Å². The lowest BCUT2D eigenvalue weighted by molar-refractivity contribution is -0.126. The molecule has 0 bridgehead atoms. The average molecular weight is 477 g/mol. The molecule has 8 nitrogen and oxygen atoms in total. The van der Waals surface area contributed by atoms with Gasteiger partial charge < -0.3 is 10.6 Å². The van der Waals surface area contributed by atoms with E-state index in [1.807, 2.05) is 6.92 Å². The van der Waals surface area contributed by atoms with Gasteiger partial charge in [0, 0.05) is 25.6 Å². The van der Waals surface area contributed by atoms with E-state index >= 15 is 0 Å². The minimum Gasteiger partial charge on any atom is -0.356 e. The number of hydrogen-bond acceptors (Lipinski definition) is 5. The van der Waals surface area contributed by atoms with Crippen molar-refractivity contribution >= 4 is 33.4 Å². The molecule has 0 aliphatic heterocycles. The molecule has 9 heteroatoms. The second kappa shape index (κ2) is 11.6. The number of carbonyl (C=O) groups is 2. The Balaban J connectivity index is 1.73. The largest absolute Gasteiger partial charge is 0.356 e. The van der Waals surface area contributed by atoms with Gasteiger partial charge in [-0.05, 0) is 61.8 Å². The third kappa shape index (κ3) is 6.34. The number of fused-ring (bicyclic) bond motifs is 1. The van der Waals surface area contributed by atoms with Crippen molar-refractivity contribution in [2.45, 2.75) is 72.4 Å². The molecule has 1 aliphatic rings. The van der Waals surface area contributed by atoms with Crippen LogP contribution in [-0.4, -0.2) is 34.0 Å². The number of thiophene rings is 1. The van der Waals surface area contributed by atoms with Crippen LogP contribution in [0, 0.1) is 17.8 Å². The van der Waals surface area contributed by atoms with Crippen LogP contribution in [0.15, 0.2) is 21.0 Å². The van der Waals surface area contributed by atoms with Gasteiger partial charge in [0.15, 0.2) is 0 Å². The molecule has 0 spiro atoms. The summed E-state index contributed by atoms with van der Waals surface area (Å²) in [5, 5.41) is 7.62. The standard InChI is InChI=1S/C24H36N4O4S/c1-4-11-26-22(30)18-7-5-17(6-8-18)14-28-23(31)21-19(10-13-33-21)27(24(28)32)15-20(29)25-12-9-16(2)3/h10,13,16-18H,4-9,11-12,14-15H2,1-3H3,(H,25,29)(H,26,30). The number of amides is 2. The summed E-state index contributed by atoms with van der Waals surface area (Å²) in [6, 6.07) is 1.73. The van der Waals surface area contributed by atoms with Crippen LogP contribution in [0.25, 0.3) is 10.2 Å². The van der Waals surface area contributed by atoms with Gasteiger partial charge in [-0.3, -0.25) is 23.5 Å². The van der Waals surface area contributed by atoms with E-state index in [-0.39, 0.29) is 35.8 Å². The molecule has 2 N–H and O–H groups in total. The van der Waals surface area contributed by atoms with Gasteiger partial charge in [0.05, 0.1) is 5.52 Å². The summed E-state index contributed by atoms with van der Waals surface area (Å²) in [5.74, 6) is 0.533. The molecule has 0 atom stereocenters. The Labute approximate surface area is 198 Å². The lowest BCUT2D eigenvalue weighted by Crippen LogP contribution is -2.44. The molecular weight excluding hydrogens is 440 g/mol. The average Bonchev–Trinajstić information content (AvgIpc) is 3.28. The molecule has 1 aliphatic carbocycles. The zero-order chi connectivity index (χ0) is 24.0. The summed E-state index contributed by atoms with van der Waals surface area (Å²) < 4.78 is 3.21. The molecule has 2 amide bonds. The zero-order valence-electron chi connectivity index (χ0n) is 19.9. The maximum absolute atomic E-state index is 13.3. The molecule has 0 aromatic carbocycles. The van der Waals surface area contributed by atoms with Crippen LogP contribution in [0.2, 0.25) is 0 Å². The van der Waals surface area contributed by atoms with Crippen molar-refractivity contribution in [3.63, 3.8) is 0 Å². The second-order valence-corrected chi connectivity index (χ2v) is 10.4. The number of nitrogens with one attached hydrogen (secondary N) is 2. The summed E-state index contributed by atoms with van der Waals surface area (Å²) in [6.45, 7) is 7.69. The lowest BCUT2D eigenvalue weighted by atomic mass is 9.81. The molecule has 0 unspecified atom stereocenters. The van der Waals surface area contributed by atoms with Crippen LogP contribution in [-0.2, 0) is 22.7 Å². The third-order valence-electron chi connectivity index (χ3n) is 6.39. The molecule has 2 aromatic heterocycles. The van der Waals surface area contributed by atoms with Gasteiger partial charge in [0.1, 0.15) is 11.2 Å². The fraction of sp³-hybridized carbons (Fsp3) is 0.667. The van der Waals surface area contributed by atoms with E-state index in [0.717, 1.165) is 38.5 Å². The summed E-state index contributed by atoms with van der Waals surface area (Å²) in [5.41, 5.74) is -0.210. The van der Waals surface area contributed by atoms with Crippen LogP contribution < -0.4 is 21.9 Å². The number of carbonyl (C=O) groups excluding carboxylic acids is 2. The first kappa shape index (κ1) is 25.2. The Morgan fingerprint density at radius 1 is 1.09 bits per heavy atom. The topological polar surface area (TPSA) is 102 Å². The van der Waals surface area contributed by atoms with Gasteiger partial charge >= 0.3 is 5.69 Å². The Morgan fingerprint density at radius 3 is 2.48 bits per heavy atom. The first-order valence-electron chi connectivity index (χ1n) is 12.1. The number of rotatable bonds is 10. The Hall–Kier alpha value is -2.42. The summed E-state index contributed by atoms with van der Waals surface area (Å²) in [6.07, 6.45) is 4.91. The SMILES string of the molecule is CCCNC(=O)C1CCC(Cn2c(=O)c3sccc3n(CC(=O)NCCC(C)C)c2=O)CC1. The summed E-state index contributed by atoms with van der Waals surface area (Å²) >= 11 is 1.30. The smallest absolute Gasteiger partial charge is 0.332 e. The van der Waals surface area contributed by atoms with Crippen LogP contribution in [0.5, 0.6) is 0 Å². The van der Waals surface area contributed by atoms with Crippen molar-refractivity contribution in [1.82, 2.24) is 19.8 Å². The van der Waals surface area contributed by atoms with Gasteiger partial charge in [0.2, 0.25) is 11.8 Å². The maximum Gasteiger partial charge on any atom is 0.332 e. The van der Waals surface area contributed by atoms with Crippen molar-refractivity contribution in [2.24, 2.45) is 17.8 Å². The van der Waals surface area contributed by atoms with Gasteiger partial charge in [-0.25, -0.2) is 4.79 Å². The molecule has 33 heavy (non-hydrogen) atoms. The number of nitrogens with zero attached hydrogens (tertiary/aromatic N) is 2. The fourth-order valence-corrected chi connectivity index (χ4v) is 5.25. The highest BCUT2D eigenvalue weighted by atomic mass is 32.1. The molecular formula is C24H36N4O4S. The Bertz CT molecular complexity index is 1080. The van der Waals surface area contributed by atoms with E-state index in [4.69, 9.17) is 0 Å². The van der Waals surface area contributed by atoms with Crippen molar-refractivity contribution in [3.05, 3.63) is 32.3 Å². The fourth-order valence-electron chi connectivity index (χ4n) is 4.40. The number of aromatic nitrogens is 2. The normalized spacial score (nSPS) is 18.5. The maximum atomic E-state index is 13.3. The molecule has 182 valence electrons. The first-order valence-corrected chi connectivity index (χ1v) is 12.9. The van der Waals surface area contributed by atoms with Crippen molar-refractivity contribution in [3.8, 4) is 0 Å². The van der Waals surface area contributed by atoms with E-state index in [0.29, 0.717) is 35.8 Å². The van der Waals surface area contributed by atoms with Gasteiger partial charge in [-0.2, -0.15) is 0 Å². The van der Waals surface area contributed by atoms with Crippen molar-refractivity contribution in [2.75, 3.05) is 13.1 Å². The van der Waals surface area contributed by atoms with Gasteiger partial charge in [0.25, 0.3) is 5.56 Å². The summed E-state index contributed by atoms with van der Waals surface area (Å²) in [7, 11) is 0. The van der Waals surface area contributed by atoms with Crippen molar-refractivity contribution in [1.29, 1.82) is 0 Å². The van der Waals surface area contributed by atoms with Crippen LogP contribution in [0.1, 0.15) is 59.3 Å². The number of hydrogen-bond donors (Lipinski definition) is 2. The molecule has 1 saturated carbocycles. The van der Waals surface area contributed by atoms with E-state index in [1.54, 1.807) is 11.4 Å². The van der Waals surface area contributed by atoms with Gasteiger partial charge in [-0.15, -0.1) is 11.3 Å². The second-order valence-electron chi connectivity index (χ2n) is 9.46. The van der Waals surface area contributed by atoms with E-state index in [1.165, 1.54) is 20.5 Å². The Kier molecular flexibility index (Phi) is 8.88. The highest BCUT2D eigenvalue weighted by Gasteiger charge is 2.27. The molecule has 2 heterocycles. The van der Waals surface area contributed by atoms with Crippen molar-refractivity contribution < 1.29 is 9.59 Å². The molecule has 2 aromatic rings. The Morgan fingerprint density at radius 2 is 1.82 bits per heavy atom. The zero-order valence-corrected chi connectivity index (χ0v) is 20.7. The minimum absolute atomic E-state index is 0.00971. The monoisotopic (exact) mass is 476 g/mol. The molecule has 3 rings (SSSR count). The first-order chi connectivity index (χ1) is 15.8. The highest BCUT2D eigenvalue weighted by Crippen LogP contribution is 2.29. The quantitative estimate of drug-likeness (QED) is 0.550. The predicted molar refractivity (Wildman–Crippen MR) is 132 cm³/mol. The van der Waals surface area contributed by atoms with Crippen LogP contribution in [0.3, 0.4) is 0 Å². The van der Waals surface area contributed by atoms with Crippen LogP contribution >= 0.6 is 11.3 Å². The minimum atomic E-state index is -0.437.